The molecular weight excluding hydrogens is 256 g/mol. The van der Waals surface area contributed by atoms with E-state index in [0.29, 0.717) is 6.04 Å². The Morgan fingerprint density at radius 1 is 1.00 bits per heavy atom. The van der Waals surface area contributed by atoms with E-state index in [-0.39, 0.29) is 0 Å². The average molecular weight is 280 g/mol. The van der Waals surface area contributed by atoms with Gasteiger partial charge in [-0.25, -0.2) is 0 Å². The van der Waals surface area contributed by atoms with E-state index >= 15 is 0 Å². The number of rotatable bonds is 4. The predicted octanol–water partition coefficient (Wildman–Crippen LogP) is 3.54. The maximum Gasteiger partial charge on any atom is 0.0234 e. The van der Waals surface area contributed by atoms with Gasteiger partial charge < -0.3 is 5.32 Å². The van der Waals surface area contributed by atoms with Gasteiger partial charge in [-0.2, -0.15) is 0 Å². The molecule has 1 heterocycles. The molecule has 1 aliphatic heterocycles. The highest BCUT2D eigenvalue weighted by molar-refractivity contribution is 5.63. The van der Waals surface area contributed by atoms with E-state index in [4.69, 9.17) is 0 Å². The summed E-state index contributed by atoms with van der Waals surface area (Å²) < 4.78 is 0. The molecule has 110 valence electrons. The van der Waals surface area contributed by atoms with Crippen molar-refractivity contribution in [1.82, 2.24) is 10.2 Å². The van der Waals surface area contributed by atoms with E-state index in [0.717, 1.165) is 13.1 Å². The number of nitrogens with zero attached hydrogens (tertiary/aromatic N) is 1. The van der Waals surface area contributed by atoms with Crippen molar-refractivity contribution in [2.45, 2.75) is 25.4 Å². The van der Waals surface area contributed by atoms with Gasteiger partial charge in [0.15, 0.2) is 0 Å². The zero-order chi connectivity index (χ0) is 14.5. The summed E-state index contributed by atoms with van der Waals surface area (Å²) in [6.45, 7) is 3.33. The molecule has 0 spiro atoms. The van der Waals surface area contributed by atoms with Crippen LogP contribution in [0.4, 0.5) is 0 Å². The minimum Gasteiger partial charge on any atom is -0.315 e. The summed E-state index contributed by atoms with van der Waals surface area (Å²) in [5.74, 6) is 0. The molecule has 3 rings (SSSR count). The Morgan fingerprint density at radius 3 is 2.38 bits per heavy atom. The van der Waals surface area contributed by atoms with E-state index in [9.17, 15) is 0 Å². The first kappa shape index (κ1) is 14.3. The fourth-order valence-electron chi connectivity index (χ4n) is 3.06. The standard InChI is InChI=1S/C19H24N2/c1-21(19-8-5-13-20-14-19)15-16-9-11-18(12-10-16)17-6-3-2-4-7-17/h2-4,6-7,9-12,19-20H,5,8,13-15H2,1H3. The minimum absolute atomic E-state index is 0.674. The van der Waals surface area contributed by atoms with Gasteiger partial charge in [-0.3, -0.25) is 4.90 Å². The smallest absolute Gasteiger partial charge is 0.0234 e. The number of likely N-dealkylation sites (N-methyl/N-ethyl adjacent to an activating group) is 1. The first-order valence-corrected chi connectivity index (χ1v) is 7.88. The molecule has 0 radical (unpaired) electrons. The number of piperidine rings is 1. The molecule has 2 nitrogen and oxygen atoms in total. The fraction of sp³-hybridized carbons (Fsp3) is 0.368. The second-order valence-corrected chi connectivity index (χ2v) is 5.98. The highest BCUT2D eigenvalue weighted by Crippen LogP contribution is 2.20. The van der Waals surface area contributed by atoms with Gasteiger partial charge in [0, 0.05) is 19.1 Å². The monoisotopic (exact) mass is 280 g/mol. The van der Waals surface area contributed by atoms with E-state index in [1.54, 1.807) is 0 Å². The van der Waals surface area contributed by atoms with Crippen LogP contribution in [0, 0.1) is 0 Å². The normalized spacial score (nSPS) is 18.9. The highest BCUT2D eigenvalue weighted by Gasteiger charge is 2.17. The lowest BCUT2D eigenvalue weighted by atomic mass is 10.0. The van der Waals surface area contributed by atoms with E-state index in [1.807, 2.05) is 0 Å². The van der Waals surface area contributed by atoms with Crippen LogP contribution >= 0.6 is 0 Å². The summed E-state index contributed by atoms with van der Waals surface area (Å²) in [6.07, 6.45) is 2.60. The van der Waals surface area contributed by atoms with Crippen LogP contribution in [0.25, 0.3) is 11.1 Å². The molecule has 2 heteroatoms. The third-order valence-electron chi connectivity index (χ3n) is 4.39. The van der Waals surface area contributed by atoms with Gasteiger partial charge >= 0.3 is 0 Å². The van der Waals surface area contributed by atoms with Crippen LogP contribution in [0.3, 0.4) is 0 Å². The first-order valence-electron chi connectivity index (χ1n) is 7.88. The molecule has 21 heavy (non-hydrogen) atoms. The maximum atomic E-state index is 3.49. The van der Waals surface area contributed by atoms with Gasteiger partial charge in [-0.15, -0.1) is 0 Å². The van der Waals surface area contributed by atoms with Crippen molar-refractivity contribution in [1.29, 1.82) is 0 Å². The molecule has 1 N–H and O–H groups in total. The van der Waals surface area contributed by atoms with Gasteiger partial charge in [0.2, 0.25) is 0 Å². The molecule has 0 saturated carbocycles. The third kappa shape index (κ3) is 3.72. The Kier molecular flexibility index (Phi) is 4.69. The largest absolute Gasteiger partial charge is 0.315 e. The molecule has 0 aliphatic carbocycles. The van der Waals surface area contributed by atoms with E-state index < -0.39 is 0 Å². The summed E-state index contributed by atoms with van der Waals surface area (Å²) >= 11 is 0. The Hall–Kier alpha value is -1.64. The van der Waals surface area contributed by atoms with Gasteiger partial charge in [-0.05, 0) is 43.1 Å². The lowest BCUT2D eigenvalue weighted by molar-refractivity contribution is 0.196. The number of benzene rings is 2. The van der Waals surface area contributed by atoms with Crippen molar-refractivity contribution < 1.29 is 0 Å². The number of hydrogen-bond acceptors (Lipinski definition) is 2. The van der Waals surface area contributed by atoms with Crippen LogP contribution in [0.5, 0.6) is 0 Å². The molecule has 1 unspecified atom stereocenters. The van der Waals surface area contributed by atoms with Gasteiger partial charge in [-0.1, -0.05) is 54.6 Å². The van der Waals surface area contributed by atoms with Crippen LogP contribution < -0.4 is 5.32 Å². The number of hydrogen-bond donors (Lipinski definition) is 1. The van der Waals surface area contributed by atoms with Gasteiger partial charge in [0.25, 0.3) is 0 Å². The quantitative estimate of drug-likeness (QED) is 0.921. The average Bonchev–Trinajstić information content (AvgIpc) is 2.57. The van der Waals surface area contributed by atoms with Gasteiger partial charge in [0.1, 0.15) is 0 Å². The fourth-order valence-corrected chi connectivity index (χ4v) is 3.06. The van der Waals surface area contributed by atoms with Crippen molar-refractivity contribution in [2.24, 2.45) is 0 Å². The Balaban J connectivity index is 1.64. The molecule has 0 bridgehead atoms. The van der Waals surface area contributed by atoms with Gasteiger partial charge in [0.05, 0.1) is 0 Å². The zero-order valence-electron chi connectivity index (χ0n) is 12.8. The molecular formula is C19H24N2. The SMILES string of the molecule is CN(Cc1ccc(-c2ccccc2)cc1)C1CCCNC1. The second kappa shape index (κ2) is 6.88. The number of nitrogens with one attached hydrogen (secondary N) is 1. The molecule has 0 amide bonds. The first-order chi connectivity index (χ1) is 10.3. The van der Waals surface area contributed by atoms with Crippen LogP contribution in [-0.2, 0) is 6.54 Å². The van der Waals surface area contributed by atoms with Crippen molar-refractivity contribution in [3.05, 3.63) is 60.2 Å². The summed E-state index contributed by atoms with van der Waals surface area (Å²) in [6, 6.07) is 20.2. The maximum absolute atomic E-state index is 3.49. The van der Waals surface area contributed by atoms with Crippen molar-refractivity contribution in [3.63, 3.8) is 0 Å². The Labute approximate surface area is 127 Å². The Morgan fingerprint density at radius 2 is 1.71 bits per heavy atom. The third-order valence-corrected chi connectivity index (χ3v) is 4.39. The molecule has 1 saturated heterocycles. The van der Waals surface area contributed by atoms with E-state index in [2.05, 4.69) is 71.9 Å². The van der Waals surface area contributed by atoms with Crippen LogP contribution in [0.1, 0.15) is 18.4 Å². The van der Waals surface area contributed by atoms with E-state index in [1.165, 1.54) is 36.1 Å². The van der Waals surface area contributed by atoms with Crippen LogP contribution in [-0.4, -0.2) is 31.1 Å². The molecule has 1 atom stereocenters. The zero-order valence-corrected chi connectivity index (χ0v) is 12.8. The topological polar surface area (TPSA) is 15.3 Å². The summed E-state index contributed by atoms with van der Waals surface area (Å²) in [4.78, 5) is 2.48. The Bertz CT molecular complexity index is 542. The predicted molar refractivity (Wildman–Crippen MR) is 89.2 cm³/mol. The molecule has 2 aromatic carbocycles. The minimum atomic E-state index is 0.674. The highest BCUT2D eigenvalue weighted by atomic mass is 15.2. The van der Waals surface area contributed by atoms with Crippen molar-refractivity contribution >= 4 is 0 Å². The lowest BCUT2D eigenvalue weighted by Gasteiger charge is -2.31. The van der Waals surface area contributed by atoms with Crippen LogP contribution in [0.2, 0.25) is 0 Å². The van der Waals surface area contributed by atoms with Crippen molar-refractivity contribution in [3.8, 4) is 11.1 Å². The second-order valence-electron chi connectivity index (χ2n) is 5.98. The van der Waals surface area contributed by atoms with Crippen LogP contribution in [0.15, 0.2) is 54.6 Å². The molecule has 0 aromatic heterocycles. The summed E-state index contributed by atoms with van der Waals surface area (Å²) in [7, 11) is 2.24. The molecule has 2 aromatic rings. The van der Waals surface area contributed by atoms with Crippen molar-refractivity contribution in [2.75, 3.05) is 20.1 Å². The summed E-state index contributed by atoms with van der Waals surface area (Å²) in [5.41, 5.74) is 3.97. The summed E-state index contributed by atoms with van der Waals surface area (Å²) in [5, 5.41) is 3.49. The molecule has 1 fully saturated rings. The lowest BCUT2D eigenvalue weighted by Crippen LogP contribution is -2.43. The molecule has 1 aliphatic rings.